The number of hydrogen-bond donors (Lipinski definition) is 2. The van der Waals surface area contributed by atoms with Crippen molar-refractivity contribution < 1.29 is 9.53 Å². The Bertz CT molecular complexity index is 689. The van der Waals surface area contributed by atoms with Gasteiger partial charge in [-0.3, -0.25) is 4.79 Å². The van der Waals surface area contributed by atoms with Gasteiger partial charge in [0.25, 0.3) is 5.91 Å². The molecule has 0 unspecified atom stereocenters. The lowest BCUT2D eigenvalue weighted by atomic mass is 9.70. The first-order valence-electron chi connectivity index (χ1n) is 7.17. The predicted octanol–water partition coefficient (Wildman–Crippen LogP) is 3.41. The highest BCUT2D eigenvalue weighted by Gasteiger charge is 2.32. The molecular formula is C16H20N2O2S. The summed E-state index contributed by atoms with van der Waals surface area (Å²) in [4.78, 5) is 13.0. The number of thiophene rings is 1. The van der Waals surface area contributed by atoms with E-state index in [2.05, 4.69) is 12.2 Å². The van der Waals surface area contributed by atoms with E-state index >= 15 is 0 Å². The van der Waals surface area contributed by atoms with Gasteiger partial charge in [-0.05, 0) is 30.4 Å². The van der Waals surface area contributed by atoms with Gasteiger partial charge < -0.3 is 15.8 Å². The predicted molar refractivity (Wildman–Crippen MR) is 87.1 cm³/mol. The summed E-state index contributed by atoms with van der Waals surface area (Å²) in [6.45, 7) is 2.94. The normalized spacial score (nSPS) is 16.5. The van der Waals surface area contributed by atoms with E-state index in [0.717, 1.165) is 16.6 Å². The SMILES string of the molecule is COc1cccc2sc(C(=O)NCC3(C)CCC3)c(N)c12. The van der Waals surface area contributed by atoms with Crippen LogP contribution in [0.3, 0.4) is 0 Å². The van der Waals surface area contributed by atoms with Gasteiger partial charge in [-0.1, -0.05) is 19.4 Å². The smallest absolute Gasteiger partial charge is 0.263 e. The number of benzene rings is 1. The molecule has 3 N–H and O–H groups in total. The van der Waals surface area contributed by atoms with Crippen LogP contribution >= 0.6 is 11.3 Å². The third-order valence-corrected chi connectivity index (χ3v) is 5.55. The first-order valence-corrected chi connectivity index (χ1v) is 7.99. The Morgan fingerprint density at radius 1 is 1.48 bits per heavy atom. The number of carbonyl (C=O) groups excluding carboxylic acids is 1. The minimum atomic E-state index is -0.0797. The number of rotatable bonds is 4. The molecule has 112 valence electrons. The van der Waals surface area contributed by atoms with Crippen molar-refractivity contribution in [1.29, 1.82) is 0 Å². The second-order valence-corrected chi connectivity index (χ2v) is 7.08. The fourth-order valence-electron chi connectivity index (χ4n) is 2.81. The van der Waals surface area contributed by atoms with Gasteiger partial charge in [-0.2, -0.15) is 0 Å². The fraction of sp³-hybridized carbons (Fsp3) is 0.438. The Balaban J connectivity index is 1.86. The van der Waals surface area contributed by atoms with Crippen molar-refractivity contribution in [1.82, 2.24) is 5.32 Å². The first kappa shape index (κ1) is 14.2. The number of nitrogen functional groups attached to an aromatic ring is 1. The molecule has 0 radical (unpaired) electrons. The number of anilines is 1. The molecule has 0 saturated heterocycles. The molecule has 0 atom stereocenters. The lowest BCUT2D eigenvalue weighted by molar-refractivity contribution is 0.0895. The zero-order valence-corrected chi connectivity index (χ0v) is 13.2. The van der Waals surface area contributed by atoms with Crippen molar-refractivity contribution in [2.75, 3.05) is 19.4 Å². The Morgan fingerprint density at radius 2 is 2.24 bits per heavy atom. The second kappa shape index (κ2) is 5.22. The van der Waals surface area contributed by atoms with Gasteiger partial charge >= 0.3 is 0 Å². The van der Waals surface area contributed by atoms with Gasteiger partial charge in [0.05, 0.1) is 18.2 Å². The summed E-state index contributed by atoms with van der Waals surface area (Å²) in [7, 11) is 1.61. The molecule has 0 bridgehead atoms. The van der Waals surface area contributed by atoms with Crippen LogP contribution in [0, 0.1) is 5.41 Å². The van der Waals surface area contributed by atoms with Gasteiger partial charge in [0.15, 0.2) is 0 Å². The van der Waals surface area contributed by atoms with Gasteiger partial charge in [-0.15, -0.1) is 11.3 Å². The van der Waals surface area contributed by atoms with Gasteiger partial charge in [0, 0.05) is 11.2 Å². The van der Waals surface area contributed by atoms with E-state index in [4.69, 9.17) is 10.5 Å². The number of amides is 1. The van der Waals surface area contributed by atoms with Crippen LogP contribution in [0.15, 0.2) is 18.2 Å². The van der Waals surface area contributed by atoms with Crippen molar-refractivity contribution in [3.63, 3.8) is 0 Å². The van der Waals surface area contributed by atoms with E-state index in [-0.39, 0.29) is 11.3 Å². The molecule has 1 aliphatic carbocycles. The summed E-state index contributed by atoms with van der Waals surface area (Å²) in [6.07, 6.45) is 3.63. The van der Waals surface area contributed by atoms with E-state index in [1.165, 1.54) is 30.6 Å². The molecule has 5 heteroatoms. The van der Waals surface area contributed by atoms with E-state index in [9.17, 15) is 4.79 Å². The average Bonchev–Trinajstić information content (AvgIpc) is 2.80. The summed E-state index contributed by atoms with van der Waals surface area (Å²) in [5.41, 5.74) is 6.95. The molecule has 0 spiro atoms. The highest BCUT2D eigenvalue weighted by atomic mass is 32.1. The lowest BCUT2D eigenvalue weighted by Crippen LogP contribution is -2.39. The van der Waals surface area contributed by atoms with Crippen molar-refractivity contribution in [2.45, 2.75) is 26.2 Å². The molecule has 3 rings (SSSR count). The van der Waals surface area contributed by atoms with Crippen molar-refractivity contribution in [3.05, 3.63) is 23.1 Å². The largest absolute Gasteiger partial charge is 0.496 e. The van der Waals surface area contributed by atoms with Crippen LogP contribution < -0.4 is 15.8 Å². The van der Waals surface area contributed by atoms with Crippen LogP contribution in [0.5, 0.6) is 5.75 Å². The van der Waals surface area contributed by atoms with Crippen LogP contribution in [-0.2, 0) is 0 Å². The van der Waals surface area contributed by atoms with Crippen LogP contribution in [0.2, 0.25) is 0 Å². The number of fused-ring (bicyclic) bond motifs is 1. The van der Waals surface area contributed by atoms with Crippen molar-refractivity contribution in [3.8, 4) is 5.75 Å². The molecule has 1 aromatic heterocycles. The molecule has 0 aliphatic heterocycles. The maximum atomic E-state index is 12.4. The highest BCUT2D eigenvalue weighted by molar-refractivity contribution is 7.21. The molecule has 21 heavy (non-hydrogen) atoms. The Hall–Kier alpha value is -1.75. The minimum Gasteiger partial charge on any atom is -0.496 e. The molecule has 1 heterocycles. The molecule has 1 saturated carbocycles. The quantitative estimate of drug-likeness (QED) is 0.909. The summed E-state index contributed by atoms with van der Waals surface area (Å²) in [5, 5.41) is 3.87. The van der Waals surface area contributed by atoms with E-state index < -0.39 is 0 Å². The summed E-state index contributed by atoms with van der Waals surface area (Å²) in [5.74, 6) is 0.634. The van der Waals surface area contributed by atoms with Gasteiger partial charge in [-0.25, -0.2) is 0 Å². The van der Waals surface area contributed by atoms with Crippen molar-refractivity contribution >= 4 is 33.0 Å². The fourth-order valence-corrected chi connectivity index (χ4v) is 3.87. The number of carbonyl (C=O) groups is 1. The van der Waals surface area contributed by atoms with E-state index in [1.54, 1.807) is 7.11 Å². The van der Waals surface area contributed by atoms with E-state index in [0.29, 0.717) is 16.3 Å². The average molecular weight is 304 g/mol. The lowest BCUT2D eigenvalue weighted by Gasteiger charge is -2.38. The van der Waals surface area contributed by atoms with Crippen LogP contribution in [0.4, 0.5) is 5.69 Å². The monoisotopic (exact) mass is 304 g/mol. The number of nitrogens with two attached hydrogens (primary N) is 1. The molecular weight excluding hydrogens is 284 g/mol. The maximum Gasteiger partial charge on any atom is 0.263 e. The number of ether oxygens (including phenoxy) is 1. The third kappa shape index (κ3) is 2.46. The molecule has 4 nitrogen and oxygen atoms in total. The number of nitrogens with one attached hydrogen (secondary N) is 1. The topological polar surface area (TPSA) is 64.3 Å². The summed E-state index contributed by atoms with van der Waals surface area (Å²) < 4.78 is 6.32. The highest BCUT2D eigenvalue weighted by Crippen LogP contribution is 2.41. The molecule has 1 fully saturated rings. The zero-order valence-electron chi connectivity index (χ0n) is 12.4. The number of methoxy groups -OCH3 is 1. The van der Waals surface area contributed by atoms with Crippen LogP contribution in [0.1, 0.15) is 35.9 Å². The Morgan fingerprint density at radius 3 is 2.86 bits per heavy atom. The Kier molecular flexibility index (Phi) is 3.53. The third-order valence-electron chi connectivity index (χ3n) is 4.38. The van der Waals surface area contributed by atoms with E-state index in [1.807, 2.05) is 18.2 Å². The zero-order chi connectivity index (χ0) is 15.0. The maximum absolute atomic E-state index is 12.4. The second-order valence-electron chi connectivity index (χ2n) is 6.03. The molecule has 1 aromatic carbocycles. The molecule has 1 aliphatic rings. The Labute approximate surface area is 128 Å². The first-order chi connectivity index (χ1) is 10.0. The number of hydrogen-bond acceptors (Lipinski definition) is 4. The van der Waals surface area contributed by atoms with Gasteiger partial charge in [0.2, 0.25) is 0 Å². The summed E-state index contributed by atoms with van der Waals surface area (Å²) in [6, 6.07) is 5.74. The minimum absolute atomic E-state index is 0.0797. The van der Waals surface area contributed by atoms with Crippen LogP contribution in [-0.4, -0.2) is 19.6 Å². The molecule has 2 aromatic rings. The standard InChI is InChI=1S/C16H20N2O2S/c1-16(7-4-8-16)9-18-15(19)14-13(17)12-10(20-2)5-3-6-11(12)21-14/h3,5-6H,4,7-9,17H2,1-2H3,(H,18,19). The summed E-state index contributed by atoms with van der Waals surface area (Å²) >= 11 is 1.42. The molecule has 1 amide bonds. The van der Waals surface area contributed by atoms with Gasteiger partial charge in [0.1, 0.15) is 10.6 Å². The van der Waals surface area contributed by atoms with Crippen LogP contribution in [0.25, 0.3) is 10.1 Å². The van der Waals surface area contributed by atoms with Crippen molar-refractivity contribution in [2.24, 2.45) is 5.41 Å².